The second kappa shape index (κ2) is 9.32. The summed E-state index contributed by atoms with van der Waals surface area (Å²) < 4.78 is 19.8. The second-order valence-electron chi connectivity index (χ2n) is 7.20. The molecule has 0 aliphatic heterocycles. The lowest BCUT2D eigenvalue weighted by molar-refractivity contribution is 0.0470. The predicted octanol–water partition coefficient (Wildman–Crippen LogP) is 4.27. The number of esters is 1. The maximum atomic E-state index is 13.4. The molecule has 0 aliphatic carbocycles. The molecule has 0 saturated carbocycles. The molecule has 0 radical (unpaired) electrons. The van der Waals surface area contributed by atoms with E-state index in [-0.39, 0.29) is 34.7 Å². The van der Waals surface area contributed by atoms with Crippen LogP contribution in [-0.4, -0.2) is 21.4 Å². The zero-order chi connectivity index (χ0) is 23.4. The van der Waals surface area contributed by atoms with Crippen LogP contribution in [0.2, 0.25) is 0 Å². The van der Waals surface area contributed by atoms with Crippen LogP contribution in [0.1, 0.15) is 31.8 Å². The van der Waals surface area contributed by atoms with Gasteiger partial charge in [0.05, 0.1) is 5.56 Å². The van der Waals surface area contributed by atoms with Crippen molar-refractivity contribution in [1.29, 1.82) is 0 Å². The number of halogens is 1. The van der Waals surface area contributed by atoms with Gasteiger partial charge in [-0.1, -0.05) is 42.5 Å². The Hall–Kier alpha value is -4.52. The van der Waals surface area contributed by atoms with E-state index in [9.17, 15) is 23.9 Å². The number of ether oxygens (including phenoxy) is 1. The summed E-state index contributed by atoms with van der Waals surface area (Å²) >= 11 is 0. The van der Waals surface area contributed by atoms with Gasteiger partial charge in [-0.15, -0.1) is 0 Å². The molecule has 4 rings (SSSR count). The number of phenols is 1. The Balaban J connectivity index is 1.78. The fourth-order valence-electron chi connectivity index (χ4n) is 3.27. The minimum absolute atomic E-state index is 0.00501. The van der Waals surface area contributed by atoms with E-state index in [4.69, 9.17) is 4.74 Å². The van der Waals surface area contributed by atoms with Crippen LogP contribution in [-0.2, 0) is 11.3 Å². The molecule has 0 fully saturated rings. The van der Waals surface area contributed by atoms with Crippen LogP contribution in [0.3, 0.4) is 0 Å². The summed E-state index contributed by atoms with van der Waals surface area (Å²) in [6, 6.07) is 21.0. The number of para-hydroxylation sites is 1. The molecule has 0 bridgehead atoms. The normalized spacial score (nSPS) is 10.6. The molecule has 7 heteroatoms. The van der Waals surface area contributed by atoms with Crippen molar-refractivity contribution in [3.05, 3.63) is 130 Å². The van der Waals surface area contributed by atoms with E-state index in [1.807, 2.05) is 6.07 Å². The molecular formula is C26H18FNO5. The molecule has 3 aromatic carbocycles. The van der Waals surface area contributed by atoms with Crippen LogP contribution < -0.4 is 5.56 Å². The maximum absolute atomic E-state index is 13.4. The molecular weight excluding hydrogens is 425 g/mol. The minimum Gasteiger partial charge on any atom is -0.507 e. The summed E-state index contributed by atoms with van der Waals surface area (Å²) in [5, 5.41) is 10.1. The molecule has 4 aromatic rings. The van der Waals surface area contributed by atoms with Gasteiger partial charge in [-0.2, -0.15) is 0 Å². The van der Waals surface area contributed by atoms with Gasteiger partial charge in [-0.05, 0) is 48.0 Å². The Morgan fingerprint density at radius 1 is 0.879 bits per heavy atom. The maximum Gasteiger partial charge on any atom is 0.344 e. The molecule has 33 heavy (non-hydrogen) atoms. The van der Waals surface area contributed by atoms with Crippen molar-refractivity contribution in [3.63, 3.8) is 0 Å². The zero-order valence-electron chi connectivity index (χ0n) is 17.3. The van der Waals surface area contributed by atoms with E-state index in [2.05, 4.69) is 0 Å². The quantitative estimate of drug-likeness (QED) is 0.355. The number of carbonyl (C=O) groups excluding carboxylic acids is 2. The first-order valence-corrected chi connectivity index (χ1v) is 10.0. The molecule has 1 N–H and O–H groups in total. The topological polar surface area (TPSA) is 85.6 Å². The van der Waals surface area contributed by atoms with E-state index in [0.29, 0.717) is 0 Å². The average Bonchev–Trinajstić information content (AvgIpc) is 2.84. The fourth-order valence-corrected chi connectivity index (χ4v) is 3.27. The molecule has 0 amide bonds. The highest BCUT2D eigenvalue weighted by atomic mass is 19.1. The molecule has 1 heterocycles. The number of phenolic OH excluding ortho intramolecular Hbond substituents is 1. The highest BCUT2D eigenvalue weighted by molar-refractivity contribution is 6.11. The molecule has 6 nitrogen and oxygen atoms in total. The number of pyridine rings is 1. The summed E-state index contributed by atoms with van der Waals surface area (Å²) in [6.45, 7) is -0.0622. The van der Waals surface area contributed by atoms with Gasteiger partial charge >= 0.3 is 5.97 Å². The largest absolute Gasteiger partial charge is 0.507 e. The monoisotopic (exact) mass is 443 g/mol. The van der Waals surface area contributed by atoms with Gasteiger partial charge in [-0.25, -0.2) is 9.18 Å². The van der Waals surface area contributed by atoms with Gasteiger partial charge < -0.3 is 9.84 Å². The van der Waals surface area contributed by atoms with Crippen molar-refractivity contribution in [3.8, 4) is 11.4 Å². The molecule has 0 atom stereocenters. The van der Waals surface area contributed by atoms with E-state index >= 15 is 0 Å². The number of hydrogen-bond acceptors (Lipinski definition) is 5. The first-order chi connectivity index (χ1) is 15.9. The summed E-state index contributed by atoms with van der Waals surface area (Å²) in [7, 11) is 0. The Labute approximate surface area is 188 Å². The fraction of sp³-hybridized carbons (Fsp3) is 0.0385. The second-order valence-corrected chi connectivity index (χ2v) is 7.20. The SMILES string of the molecule is O=C(c1cc(C(=O)OCc2ccccc2)c(=O)n(-c2ccc(F)cc2)c1)c1ccccc1O. The van der Waals surface area contributed by atoms with Crippen molar-refractivity contribution in [2.24, 2.45) is 0 Å². The first-order valence-electron chi connectivity index (χ1n) is 10.0. The summed E-state index contributed by atoms with van der Waals surface area (Å²) in [4.78, 5) is 39.0. The minimum atomic E-state index is -0.911. The number of nitrogens with zero attached hydrogens (tertiary/aromatic N) is 1. The average molecular weight is 443 g/mol. The third-order valence-electron chi connectivity index (χ3n) is 4.97. The van der Waals surface area contributed by atoms with Crippen LogP contribution in [0.5, 0.6) is 5.75 Å². The van der Waals surface area contributed by atoms with Gasteiger partial charge in [0.2, 0.25) is 0 Å². The number of hydrogen-bond donors (Lipinski definition) is 1. The summed E-state index contributed by atoms with van der Waals surface area (Å²) in [5.41, 5.74) is -0.126. The number of rotatable bonds is 6. The molecule has 0 saturated heterocycles. The number of aromatic hydroxyl groups is 1. The van der Waals surface area contributed by atoms with Crippen LogP contribution in [0, 0.1) is 5.82 Å². The molecule has 164 valence electrons. The standard InChI is InChI=1S/C26H18FNO5/c27-19-10-12-20(13-11-19)28-15-18(24(30)21-8-4-5-9-23(21)29)14-22(25(28)31)26(32)33-16-17-6-2-1-3-7-17/h1-15,29H,16H2. The van der Waals surface area contributed by atoms with E-state index in [0.717, 1.165) is 28.3 Å². The van der Waals surface area contributed by atoms with E-state index in [1.165, 1.54) is 30.5 Å². The van der Waals surface area contributed by atoms with Gasteiger partial charge in [0.1, 0.15) is 23.7 Å². The van der Waals surface area contributed by atoms with E-state index in [1.54, 1.807) is 36.4 Å². The Bertz CT molecular complexity index is 1380. The molecule has 0 unspecified atom stereocenters. The highest BCUT2D eigenvalue weighted by Gasteiger charge is 2.21. The summed E-state index contributed by atoms with van der Waals surface area (Å²) in [6.07, 6.45) is 1.25. The number of ketones is 1. The molecule has 0 aliphatic rings. The van der Waals surface area contributed by atoms with Crippen LogP contribution in [0.25, 0.3) is 5.69 Å². The third kappa shape index (κ3) is 4.72. The smallest absolute Gasteiger partial charge is 0.344 e. The van der Waals surface area contributed by atoms with Crippen LogP contribution >= 0.6 is 0 Å². The number of aromatic nitrogens is 1. The molecule has 1 aromatic heterocycles. The molecule has 0 spiro atoms. The van der Waals surface area contributed by atoms with Crippen molar-refractivity contribution in [1.82, 2.24) is 4.57 Å². The van der Waals surface area contributed by atoms with Crippen molar-refractivity contribution >= 4 is 11.8 Å². The van der Waals surface area contributed by atoms with Gasteiger partial charge in [0.25, 0.3) is 5.56 Å². The number of carbonyl (C=O) groups is 2. The lowest BCUT2D eigenvalue weighted by Crippen LogP contribution is -2.27. The Morgan fingerprint density at radius 3 is 2.24 bits per heavy atom. The van der Waals surface area contributed by atoms with Gasteiger partial charge in [0.15, 0.2) is 5.78 Å². The lowest BCUT2D eigenvalue weighted by atomic mass is 10.0. The number of benzene rings is 3. The van der Waals surface area contributed by atoms with Crippen LogP contribution in [0.15, 0.2) is 95.9 Å². The van der Waals surface area contributed by atoms with E-state index < -0.39 is 23.1 Å². The first kappa shape index (κ1) is 21.7. The third-order valence-corrected chi connectivity index (χ3v) is 4.97. The van der Waals surface area contributed by atoms with Gasteiger partial charge in [-0.3, -0.25) is 14.2 Å². The van der Waals surface area contributed by atoms with Crippen LogP contribution in [0.4, 0.5) is 4.39 Å². The van der Waals surface area contributed by atoms with Crippen molar-refractivity contribution in [2.75, 3.05) is 0 Å². The lowest BCUT2D eigenvalue weighted by Gasteiger charge is -2.12. The highest BCUT2D eigenvalue weighted by Crippen LogP contribution is 2.21. The predicted molar refractivity (Wildman–Crippen MR) is 119 cm³/mol. The van der Waals surface area contributed by atoms with Crippen molar-refractivity contribution < 1.29 is 23.8 Å². The zero-order valence-corrected chi connectivity index (χ0v) is 17.3. The Morgan fingerprint density at radius 2 is 1.55 bits per heavy atom. The van der Waals surface area contributed by atoms with Gasteiger partial charge in [0, 0.05) is 17.4 Å². The summed E-state index contributed by atoms with van der Waals surface area (Å²) in [5.74, 6) is -2.25. The van der Waals surface area contributed by atoms with Crippen molar-refractivity contribution in [2.45, 2.75) is 6.61 Å². The Kier molecular flexibility index (Phi) is 6.13.